The van der Waals surface area contributed by atoms with Gasteiger partial charge in [0.15, 0.2) is 0 Å². The van der Waals surface area contributed by atoms with Gasteiger partial charge in [-0.05, 0) is 57.9 Å². The Kier molecular flexibility index (Phi) is 5.62. The van der Waals surface area contributed by atoms with Crippen molar-refractivity contribution in [1.82, 2.24) is 5.32 Å². The van der Waals surface area contributed by atoms with E-state index in [1.54, 1.807) is 19.2 Å². The van der Waals surface area contributed by atoms with Crippen LogP contribution in [-0.4, -0.2) is 13.7 Å². The maximum Gasteiger partial charge on any atom is 0.141 e. The van der Waals surface area contributed by atoms with Gasteiger partial charge in [-0.15, -0.1) is 0 Å². The molecule has 2 aromatic carbocycles. The summed E-state index contributed by atoms with van der Waals surface area (Å²) >= 11 is 9.38. The summed E-state index contributed by atoms with van der Waals surface area (Å²) in [4.78, 5) is 0. The predicted octanol–water partition coefficient (Wildman–Crippen LogP) is 4.95. The highest BCUT2D eigenvalue weighted by Gasteiger charge is 2.16. The lowest BCUT2D eigenvalue weighted by molar-refractivity contribution is 0.412. The van der Waals surface area contributed by atoms with Crippen LogP contribution in [0.5, 0.6) is 5.75 Å². The number of hydrogen-bond donors (Lipinski definition) is 1. The van der Waals surface area contributed by atoms with E-state index in [4.69, 9.17) is 16.3 Å². The summed E-state index contributed by atoms with van der Waals surface area (Å²) in [5.41, 5.74) is 1.97. The Bertz CT molecular complexity index is 636. The molecule has 0 radical (unpaired) electrons. The maximum absolute atomic E-state index is 13.3. The molecule has 0 amide bonds. The zero-order valence-electron chi connectivity index (χ0n) is 11.8. The van der Waals surface area contributed by atoms with Gasteiger partial charge in [-0.1, -0.05) is 30.7 Å². The quantitative estimate of drug-likeness (QED) is 0.802. The smallest absolute Gasteiger partial charge is 0.141 e. The molecular formula is C16H16BrClFNO. The fraction of sp³-hybridized carbons (Fsp3) is 0.250. The van der Waals surface area contributed by atoms with Crippen LogP contribution >= 0.6 is 27.5 Å². The fourth-order valence-corrected chi connectivity index (χ4v) is 2.93. The summed E-state index contributed by atoms with van der Waals surface area (Å²) in [7, 11) is 1.63. The van der Waals surface area contributed by atoms with E-state index in [-0.39, 0.29) is 11.1 Å². The highest BCUT2D eigenvalue weighted by molar-refractivity contribution is 9.10. The van der Waals surface area contributed by atoms with Gasteiger partial charge in [-0.25, -0.2) is 4.39 Å². The zero-order chi connectivity index (χ0) is 15.4. The Morgan fingerprint density at radius 3 is 2.48 bits per heavy atom. The molecule has 21 heavy (non-hydrogen) atoms. The van der Waals surface area contributed by atoms with Crippen LogP contribution in [0.3, 0.4) is 0 Å². The third-order valence-corrected chi connectivity index (χ3v) is 4.10. The summed E-state index contributed by atoms with van der Waals surface area (Å²) in [5, 5.41) is 3.51. The summed E-state index contributed by atoms with van der Waals surface area (Å²) in [6, 6.07) is 10.6. The second-order valence-electron chi connectivity index (χ2n) is 4.56. The van der Waals surface area contributed by atoms with Crippen molar-refractivity contribution >= 4 is 27.5 Å². The molecule has 0 saturated heterocycles. The molecule has 112 valence electrons. The first-order valence-corrected chi connectivity index (χ1v) is 7.75. The van der Waals surface area contributed by atoms with Gasteiger partial charge in [-0.3, -0.25) is 0 Å². The van der Waals surface area contributed by atoms with Crippen molar-refractivity contribution in [2.45, 2.75) is 13.0 Å². The van der Waals surface area contributed by atoms with Crippen LogP contribution in [0.2, 0.25) is 5.02 Å². The molecule has 0 aliphatic rings. The first-order chi connectivity index (χ1) is 10.1. The van der Waals surface area contributed by atoms with E-state index < -0.39 is 5.82 Å². The van der Waals surface area contributed by atoms with Crippen molar-refractivity contribution in [3.8, 4) is 5.75 Å². The summed E-state index contributed by atoms with van der Waals surface area (Å²) in [6.45, 7) is 2.81. The number of nitrogens with one attached hydrogen (secondary N) is 1. The number of rotatable bonds is 5. The second-order valence-corrected chi connectivity index (χ2v) is 5.82. The number of benzene rings is 2. The molecule has 0 aliphatic heterocycles. The molecule has 0 heterocycles. The summed E-state index contributed by atoms with van der Waals surface area (Å²) < 4.78 is 19.5. The van der Waals surface area contributed by atoms with Crippen molar-refractivity contribution < 1.29 is 9.13 Å². The van der Waals surface area contributed by atoms with Gasteiger partial charge >= 0.3 is 0 Å². The van der Waals surface area contributed by atoms with E-state index in [1.807, 2.05) is 25.1 Å². The van der Waals surface area contributed by atoms with Gasteiger partial charge in [0.2, 0.25) is 0 Å². The molecule has 1 unspecified atom stereocenters. The first-order valence-electron chi connectivity index (χ1n) is 6.58. The predicted molar refractivity (Wildman–Crippen MR) is 87.6 cm³/mol. The summed E-state index contributed by atoms with van der Waals surface area (Å²) in [5.74, 6) is 0.359. The average molecular weight is 373 g/mol. The van der Waals surface area contributed by atoms with E-state index in [2.05, 4.69) is 21.2 Å². The number of ether oxygens (including phenoxy) is 1. The number of methoxy groups -OCH3 is 1. The third-order valence-electron chi connectivity index (χ3n) is 3.19. The normalized spacial score (nSPS) is 12.2. The van der Waals surface area contributed by atoms with Crippen molar-refractivity contribution in [2.75, 3.05) is 13.7 Å². The average Bonchev–Trinajstić information content (AvgIpc) is 2.48. The van der Waals surface area contributed by atoms with Gasteiger partial charge in [0.1, 0.15) is 11.6 Å². The first kappa shape index (κ1) is 16.3. The lowest BCUT2D eigenvalue weighted by Crippen LogP contribution is -2.22. The van der Waals surface area contributed by atoms with E-state index in [0.717, 1.165) is 27.9 Å². The van der Waals surface area contributed by atoms with Gasteiger partial charge in [0.25, 0.3) is 0 Å². The lowest BCUT2D eigenvalue weighted by atomic mass is 9.98. The standard InChI is InChI=1S/C16H16BrClFNO/c1-3-20-16(11-4-6-14(19)13(18)9-11)10-5-7-15(21-2)12(17)8-10/h4-9,16,20H,3H2,1-2H3. The number of hydrogen-bond acceptors (Lipinski definition) is 2. The van der Waals surface area contributed by atoms with E-state index >= 15 is 0 Å². The molecule has 0 aromatic heterocycles. The van der Waals surface area contributed by atoms with Crippen LogP contribution in [0, 0.1) is 5.82 Å². The second kappa shape index (κ2) is 7.25. The summed E-state index contributed by atoms with van der Waals surface area (Å²) in [6.07, 6.45) is 0. The SMILES string of the molecule is CCNC(c1ccc(F)c(Cl)c1)c1ccc(OC)c(Br)c1. The minimum atomic E-state index is -0.411. The van der Waals surface area contributed by atoms with E-state index in [1.165, 1.54) is 6.07 Å². The van der Waals surface area contributed by atoms with Gasteiger partial charge in [-0.2, -0.15) is 0 Å². The Morgan fingerprint density at radius 2 is 1.90 bits per heavy atom. The Labute approximate surface area is 137 Å². The molecule has 5 heteroatoms. The van der Waals surface area contributed by atoms with Crippen molar-refractivity contribution in [2.24, 2.45) is 0 Å². The molecule has 0 aliphatic carbocycles. The molecule has 0 saturated carbocycles. The minimum Gasteiger partial charge on any atom is -0.496 e. The van der Waals surface area contributed by atoms with Crippen molar-refractivity contribution in [3.05, 3.63) is 62.8 Å². The Balaban J connectivity index is 2.42. The van der Waals surface area contributed by atoms with Crippen LogP contribution in [-0.2, 0) is 0 Å². The molecular weight excluding hydrogens is 357 g/mol. The fourth-order valence-electron chi connectivity index (χ4n) is 2.19. The van der Waals surface area contributed by atoms with Crippen LogP contribution in [0.25, 0.3) is 0 Å². The topological polar surface area (TPSA) is 21.3 Å². The van der Waals surface area contributed by atoms with Gasteiger partial charge < -0.3 is 10.1 Å². The van der Waals surface area contributed by atoms with Crippen LogP contribution in [0.1, 0.15) is 24.1 Å². The molecule has 1 N–H and O–H groups in total. The Morgan fingerprint density at radius 1 is 1.24 bits per heavy atom. The largest absolute Gasteiger partial charge is 0.496 e. The minimum absolute atomic E-state index is 0.0599. The molecule has 0 bridgehead atoms. The van der Waals surface area contributed by atoms with E-state index in [9.17, 15) is 4.39 Å². The van der Waals surface area contributed by atoms with Gasteiger partial charge in [0.05, 0.1) is 22.6 Å². The van der Waals surface area contributed by atoms with Crippen molar-refractivity contribution in [3.63, 3.8) is 0 Å². The lowest BCUT2D eigenvalue weighted by Gasteiger charge is -2.20. The molecule has 2 aromatic rings. The molecule has 2 rings (SSSR count). The zero-order valence-corrected chi connectivity index (χ0v) is 14.1. The van der Waals surface area contributed by atoms with Gasteiger partial charge in [0, 0.05) is 0 Å². The van der Waals surface area contributed by atoms with Crippen LogP contribution in [0.4, 0.5) is 4.39 Å². The molecule has 0 fully saturated rings. The third kappa shape index (κ3) is 3.76. The molecule has 2 nitrogen and oxygen atoms in total. The monoisotopic (exact) mass is 371 g/mol. The van der Waals surface area contributed by atoms with E-state index in [0.29, 0.717) is 0 Å². The maximum atomic E-state index is 13.3. The highest BCUT2D eigenvalue weighted by Crippen LogP contribution is 2.31. The van der Waals surface area contributed by atoms with Crippen LogP contribution in [0.15, 0.2) is 40.9 Å². The molecule has 1 atom stereocenters. The van der Waals surface area contributed by atoms with Crippen molar-refractivity contribution in [1.29, 1.82) is 0 Å². The molecule has 0 spiro atoms. The number of halogens is 3. The Hall–Kier alpha value is -1.10. The van der Waals surface area contributed by atoms with Crippen LogP contribution < -0.4 is 10.1 Å². The highest BCUT2D eigenvalue weighted by atomic mass is 79.9.